The van der Waals surface area contributed by atoms with Crippen molar-refractivity contribution in [1.29, 1.82) is 0 Å². The lowest BCUT2D eigenvalue weighted by Crippen LogP contribution is -2.29. The van der Waals surface area contributed by atoms with E-state index < -0.39 is 23.5 Å². The smallest absolute Gasteiger partial charge is 0.300 e. The second-order valence-corrected chi connectivity index (χ2v) is 8.62. The molecule has 1 N–H and O–H groups in total. The van der Waals surface area contributed by atoms with Crippen molar-refractivity contribution in [2.24, 2.45) is 5.92 Å². The molecule has 1 amide bonds. The molecule has 1 aliphatic heterocycles. The van der Waals surface area contributed by atoms with Gasteiger partial charge in [0.05, 0.1) is 25.3 Å². The summed E-state index contributed by atoms with van der Waals surface area (Å²) < 4.78 is 25.8. The van der Waals surface area contributed by atoms with Crippen LogP contribution >= 0.6 is 0 Å². The van der Waals surface area contributed by atoms with Crippen LogP contribution in [0.2, 0.25) is 0 Å². The number of amides is 1. The fourth-order valence-electron chi connectivity index (χ4n) is 3.96. The van der Waals surface area contributed by atoms with E-state index in [0.717, 1.165) is 0 Å². The average molecular weight is 476 g/mol. The number of ether oxygens (including phenoxy) is 2. The third kappa shape index (κ3) is 4.75. The third-order valence-electron chi connectivity index (χ3n) is 5.71. The Labute approximate surface area is 203 Å². The Morgan fingerprint density at radius 3 is 2.20 bits per heavy atom. The largest absolute Gasteiger partial charge is 0.507 e. The van der Waals surface area contributed by atoms with Crippen molar-refractivity contribution in [3.63, 3.8) is 0 Å². The van der Waals surface area contributed by atoms with Crippen molar-refractivity contribution in [2.45, 2.75) is 19.9 Å². The minimum atomic E-state index is -1.15. The number of anilines is 1. The van der Waals surface area contributed by atoms with Gasteiger partial charge in [-0.3, -0.25) is 14.5 Å². The van der Waals surface area contributed by atoms with Gasteiger partial charge in [0.2, 0.25) is 0 Å². The summed E-state index contributed by atoms with van der Waals surface area (Å²) in [5.41, 5.74) is 0.598. The van der Waals surface area contributed by atoms with E-state index in [1.807, 2.05) is 13.8 Å². The van der Waals surface area contributed by atoms with Crippen LogP contribution in [0, 0.1) is 11.7 Å². The van der Waals surface area contributed by atoms with Gasteiger partial charge in [-0.1, -0.05) is 32.0 Å². The number of carbonyl (C=O) groups is 2. The second-order valence-electron chi connectivity index (χ2n) is 8.62. The Kier molecular flexibility index (Phi) is 6.87. The molecule has 3 aromatic carbocycles. The number of benzene rings is 3. The van der Waals surface area contributed by atoms with Crippen LogP contribution in [0.3, 0.4) is 0 Å². The quantitative estimate of drug-likeness (QED) is 0.278. The van der Waals surface area contributed by atoms with Crippen LogP contribution < -0.4 is 14.4 Å². The zero-order valence-corrected chi connectivity index (χ0v) is 19.7. The van der Waals surface area contributed by atoms with Gasteiger partial charge in [0.15, 0.2) is 0 Å². The predicted octanol–water partition coefficient (Wildman–Crippen LogP) is 5.50. The second kappa shape index (κ2) is 10.0. The van der Waals surface area contributed by atoms with Crippen LogP contribution in [0.1, 0.15) is 31.0 Å². The van der Waals surface area contributed by atoms with Gasteiger partial charge in [-0.05, 0) is 60.5 Å². The molecule has 35 heavy (non-hydrogen) atoms. The lowest BCUT2D eigenvalue weighted by Gasteiger charge is -2.26. The van der Waals surface area contributed by atoms with Crippen molar-refractivity contribution in [3.8, 4) is 11.5 Å². The molecule has 1 heterocycles. The first kappa shape index (κ1) is 24.0. The lowest BCUT2D eigenvalue weighted by atomic mass is 9.94. The molecule has 6 nitrogen and oxygen atoms in total. The molecule has 0 aromatic heterocycles. The Morgan fingerprint density at radius 1 is 0.971 bits per heavy atom. The topological polar surface area (TPSA) is 76.1 Å². The molecule has 0 aliphatic carbocycles. The van der Waals surface area contributed by atoms with Gasteiger partial charge in [0.25, 0.3) is 11.7 Å². The van der Waals surface area contributed by atoms with Crippen molar-refractivity contribution >= 4 is 23.1 Å². The van der Waals surface area contributed by atoms with E-state index in [0.29, 0.717) is 35.3 Å². The summed E-state index contributed by atoms with van der Waals surface area (Å²) in [7, 11) is 1.51. The first-order valence-corrected chi connectivity index (χ1v) is 11.2. The average Bonchev–Trinajstić information content (AvgIpc) is 3.13. The van der Waals surface area contributed by atoms with Crippen molar-refractivity contribution < 1.29 is 28.6 Å². The number of aliphatic hydroxyl groups is 1. The Hall–Kier alpha value is -4.13. The Morgan fingerprint density at radius 2 is 1.60 bits per heavy atom. The lowest BCUT2D eigenvalue weighted by molar-refractivity contribution is -0.132. The normalized spacial score (nSPS) is 17.2. The number of Topliss-reactive ketones (excluding diaryl/α,β-unsaturated/α-hetero) is 1. The summed E-state index contributed by atoms with van der Waals surface area (Å²) in [6, 6.07) is 17.8. The highest BCUT2D eigenvalue weighted by Crippen LogP contribution is 2.43. The standard InChI is InChI=1S/C28H26FNO5/c1-17(2)16-35-21-12-8-18(9-13-21)26(31)24-25(22-6-4-5-7-23(22)29)30(28(33)27(24)32)19-10-14-20(34-3)15-11-19/h4-15,17,25,31H,16H2,1-3H3/b26-24-. The molecule has 1 saturated heterocycles. The molecule has 1 unspecified atom stereocenters. The summed E-state index contributed by atoms with van der Waals surface area (Å²) in [5, 5.41) is 11.2. The Bertz CT molecular complexity index is 1270. The summed E-state index contributed by atoms with van der Waals surface area (Å²) >= 11 is 0. The zero-order valence-electron chi connectivity index (χ0n) is 19.7. The van der Waals surface area contributed by atoms with E-state index >= 15 is 0 Å². The van der Waals surface area contributed by atoms with E-state index in [1.54, 1.807) is 54.6 Å². The van der Waals surface area contributed by atoms with Crippen LogP contribution in [0.15, 0.2) is 78.4 Å². The minimum Gasteiger partial charge on any atom is -0.507 e. The van der Waals surface area contributed by atoms with E-state index in [-0.39, 0.29) is 16.9 Å². The summed E-state index contributed by atoms with van der Waals surface area (Å²) in [6.07, 6.45) is 0. The predicted molar refractivity (Wildman–Crippen MR) is 131 cm³/mol. The van der Waals surface area contributed by atoms with Gasteiger partial charge in [-0.25, -0.2) is 4.39 Å². The van der Waals surface area contributed by atoms with E-state index in [2.05, 4.69) is 0 Å². The highest BCUT2D eigenvalue weighted by Gasteiger charge is 2.47. The van der Waals surface area contributed by atoms with Crippen molar-refractivity contribution in [2.75, 3.05) is 18.6 Å². The molecule has 0 radical (unpaired) electrons. The van der Waals surface area contributed by atoms with E-state index in [9.17, 15) is 19.1 Å². The number of methoxy groups -OCH3 is 1. The number of hydrogen-bond acceptors (Lipinski definition) is 5. The molecule has 0 saturated carbocycles. The molecule has 1 atom stereocenters. The number of carbonyl (C=O) groups excluding carboxylic acids is 2. The molecule has 1 fully saturated rings. The summed E-state index contributed by atoms with van der Waals surface area (Å²) in [4.78, 5) is 27.5. The first-order valence-electron chi connectivity index (χ1n) is 11.2. The van der Waals surface area contributed by atoms with Crippen LogP contribution in [0.5, 0.6) is 11.5 Å². The van der Waals surface area contributed by atoms with Gasteiger partial charge in [-0.15, -0.1) is 0 Å². The SMILES string of the molecule is COc1ccc(N2C(=O)C(=O)/C(=C(\O)c3ccc(OCC(C)C)cc3)C2c2ccccc2F)cc1. The third-order valence-corrected chi connectivity index (χ3v) is 5.71. The molecule has 7 heteroatoms. The van der Waals surface area contributed by atoms with E-state index in [4.69, 9.17) is 9.47 Å². The zero-order chi connectivity index (χ0) is 25.1. The molecule has 0 bridgehead atoms. The molecule has 4 rings (SSSR count). The number of nitrogens with zero attached hydrogens (tertiary/aromatic N) is 1. The molecule has 3 aromatic rings. The number of halogens is 1. The van der Waals surface area contributed by atoms with Crippen LogP contribution in [-0.2, 0) is 9.59 Å². The maximum absolute atomic E-state index is 15.0. The number of rotatable bonds is 7. The molecular formula is C28H26FNO5. The molecule has 180 valence electrons. The van der Waals surface area contributed by atoms with Crippen LogP contribution in [0.4, 0.5) is 10.1 Å². The maximum Gasteiger partial charge on any atom is 0.300 e. The molecular weight excluding hydrogens is 449 g/mol. The monoisotopic (exact) mass is 475 g/mol. The maximum atomic E-state index is 15.0. The highest BCUT2D eigenvalue weighted by molar-refractivity contribution is 6.51. The first-order chi connectivity index (χ1) is 16.8. The number of hydrogen-bond donors (Lipinski definition) is 1. The molecule has 1 aliphatic rings. The number of aliphatic hydroxyl groups excluding tert-OH is 1. The van der Waals surface area contributed by atoms with Crippen LogP contribution in [0.25, 0.3) is 5.76 Å². The summed E-state index contributed by atoms with van der Waals surface area (Å²) in [6.45, 7) is 4.60. The number of ketones is 1. The van der Waals surface area contributed by atoms with Gasteiger partial charge < -0.3 is 14.6 Å². The van der Waals surface area contributed by atoms with Gasteiger partial charge in [0, 0.05) is 16.8 Å². The van der Waals surface area contributed by atoms with Gasteiger partial charge in [0.1, 0.15) is 23.1 Å². The fraction of sp³-hybridized carbons (Fsp3) is 0.214. The minimum absolute atomic E-state index is 0.0981. The van der Waals surface area contributed by atoms with Crippen LogP contribution in [-0.4, -0.2) is 30.5 Å². The fourth-order valence-corrected chi connectivity index (χ4v) is 3.96. The van der Waals surface area contributed by atoms with Crippen molar-refractivity contribution in [1.82, 2.24) is 0 Å². The van der Waals surface area contributed by atoms with Gasteiger partial charge >= 0.3 is 0 Å². The van der Waals surface area contributed by atoms with E-state index in [1.165, 1.54) is 30.2 Å². The summed E-state index contributed by atoms with van der Waals surface area (Å²) in [5.74, 6) is -1.22. The molecule has 0 spiro atoms. The Balaban J connectivity index is 1.82. The van der Waals surface area contributed by atoms with Gasteiger partial charge in [-0.2, -0.15) is 0 Å². The van der Waals surface area contributed by atoms with Crippen molar-refractivity contribution in [3.05, 3.63) is 95.3 Å². The highest BCUT2D eigenvalue weighted by atomic mass is 19.1.